The zero-order valence-corrected chi connectivity index (χ0v) is 10.0. The largest absolute Gasteiger partial charge is 0.396 e. The van der Waals surface area contributed by atoms with Gasteiger partial charge in [-0.15, -0.1) is 0 Å². The summed E-state index contributed by atoms with van der Waals surface area (Å²) in [6.45, 7) is 5.72. The highest BCUT2D eigenvalue weighted by Crippen LogP contribution is 2.11. The third kappa shape index (κ3) is 3.60. The van der Waals surface area contributed by atoms with Crippen LogP contribution >= 0.6 is 11.5 Å². The van der Waals surface area contributed by atoms with Crippen molar-refractivity contribution in [3.05, 3.63) is 16.6 Å². The number of nitrogens with zero attached hydrogens (tertiary/aromatic N) is 1. The summed E-state index contributed by atoms with van der Waals surface area (Å²) in [6.07, 6.45) is 0.530. The molecule has 0 atom stereocenters. The predicted octanol–water partition coefficient (Wildman–Crippen LogP) is 1.34. The normalized spacial score (nSPS) is 11.5. The molecule has 5 heteroatoms. The van der Waals surface area contributed by atoms with Crippen molar-refractivity contribution in [2.75, 3.05) is 6.61 Å². The van der Waals surface area contributed by atoms with E-state index in [1.165, 1.54) is 11.5 Å². The molecule has 0 spiro atoms. The topological polar surface area (TPSA) is 62.2 Å². The monoisotopic (exact) mass is 228 g/mol. The molecule has 0 aromatic carbocycles. The number of hydrogen-bond donors (Lipinski definition) is 2. The number of carbonyl (C=O) groups excluding carboxylic acids is 1. The van der Waals surface area contributed by atoms with Crippen molar-refractivity contribution >= 4 is 17.4 Å². The fourth-order valence-corrected chi connectivity index (χ4v) is 1.73. The van der Waals surface area contributed by atoms with E-state index in [1.807, 2.05) is 20.8 Å². The summed E-state index contributed by atoms with van der Waals surface area (Å²) < 4.78 is 4.03. The molecule has 0 saturated carbocycles. The van der Waals surface area contributed by atoms with Crippen LogP contribution in [0.4, 0.5) is 0 Å². The summed E-state index contributed by atoms with van der Waals surface area (Å²) in [6, 6.07) is 1.76. The molecule has 0 bridgehead atoms. The molecule has 0 radical (unpaired) electrons. The Labute approximate surface area is 93.5 Å². The van der Waals surface area contributed by atoms with Gasteiger partial charge in [0, 0.05) is 17.0 Å². The molecule has 1 aromatic heterocycles. The average Bonchev–Trinajstić information content (AvgIpc) is 2.50. The number of hydrogen-bond acceptors (Lipinski definition) is 4. The third-order valence-electron chi connectivity index (χ3n) is 2.05. The van der Waals surface area contributed by atoms with E-state index >= 15 is 0 Å². The maximum absolute atomic E-state index is 11.7. The van der Waals surface area contributed by atoms with Gasteiger partial charge in [-0.2, -0.15) is 4.37 Å². The van der Waals surface area contributed by atoms with Crippen molar-refractivity contribution < 1.29 is 9.90 Å². The maximum Gasteiger partial charge on any atom is 0.271 e. The van der Waals surface area contributed by atoms with Gasteiger partial charge in [-0.3, -0.25) is 4.79 Å². The van der Waals surface area contributed by atoms with Crippen molar-refractivity contribution in [3.63, 3.8) is 0 Å². The summed E-state index contributed by atoms with van der Waals surface area (Å²) in [7, 11) is 0. The van der Waals surface area contributed by atoms with Gasteiger partial charge < -0.3 is 10.4 Å². The molecule has 0 aliphatic heterocycles. The molecule has 0 fully saturated rings. The van der Waals surface area contributed by atoms with E-state index in [0.29, 0.717) is 12.1 Å². The minimum Gasteiger partial charge on any atom is -0.396 e. The summed E-state index contributed by atoms with van der Waals surface area (Å²) in [5.41, 5.74) is 0.0482. The highest BCUT2D eigenvalue weighted by molar-refractivity contribution is 7.05. The number of aromatic nitrogens is 1. The first kappa shape index (κ1) is 12.1. The van der Waals surface area contributed by atoms with Gasteiger partial charge >= 0.3 is 0 Å². The van der Waals surface area contributed by atoms with Crippen molar-refractivity contribution in [1.29, 1.82) is 0 Å². The van der Waals surface area contributed by atoms with Crippen molar-refractivity contribution in [3.8, 4) is 0 Å². The molecular formula is C10H16N2O2S. The Kier molecular flexibility index (Phi) is 3.82. The SMILES string of the molecule is Cc1cc(C(=O)NC(C)(C)CCO)ns1. The lowest BCUT2D eigenvalue weighted by Gasteiger charge is -2.24. The van der Waals surface area contributed by atoms with Crippen LogP contribution < -0.4 is 5.32 Å². The molecule has 4 nitrogen and oxygen atoms in total. The van der Waals surface area contributed by atoms with Gasteiger partial charge in [-0.1, -0.05) is 0 Å². The Morgan fingerprint density at radius 2 is 2.33 bits per heavy atom. The lowest BCUT2D eigenvalue weighted by Crippen LogP contribution is -2.44. The Bertz CT molecular complexity index is 347. The second-order valence-electron chi connectivity index (χ2n) is 4.13. The van der Waals surface area contributed by atoms with E-state index in [9.17, 15) is 4.79 Å². The van der Waals surface area contributed by atoms with Gasteiger partial charge in [0.15, 0.2) is 0 Å². The summed E-state index contributed by atoms with van der Waals surface area (Å²) in [5, 5.41) is 11.7. The molecule has 1 aromatic rings. The maximum atomic E-state index is 11.7. The number of amides is 1. The molecule has 0 saturated heterocycles. The first-order valence-corrected chi connectivity index (χ1v) is 5.58. The van der Waals surface area contributed by atoms with Gasteiger partial charge in [0.2, 0.25) is 0 Å². The van der Waals surface area contributed by atoms with Gasteiger partial charge in [0.25, 0.3) is 5.91 Å². The number of nitrogens with one attached hydrogen (secondary N) is 1. The quantitative estimate of drug-likeness (QED) is 0.817. The van der Waals surface area contributed by atoms with Crippen LogP contribution in [0.25, 0.3) is 0 Å². The number of rotatable bonds is 4. The zero-order valence-electron chi connectivity index (χ0n) is 9.20. The average molecular weight is 228 g/mol. The Morgan fingerprint density at radius 3 is 2.80 bits per heavy atom. The van der Waals surface area contributed by atoms with E-state index in [2.05, 4.69) is 9.69 Å². The Hall–Kier alpha value is -0.940. The fraction of sp³-hybridized carbons (Fsp3) is 0.600. The van der Waals surface area contributed by atoms with Crippen LogP contribution in [0.2, 0.25) is 0 Å². The molecule has 2 N–H and O–H groups in total. The fourth-order valence-electron chi connectivity index (χ4n) is 1.19. The lowest BCUT2D eigenvalue weighted by molar-refractivity contribution is 0.0895. The van der Waals surface area contributed by atoms with E-state index in [0.717, 1.165) is 4.88 Å². The molecule has 0 unspecified atom stereocenters. The smallest absolute Gasteiger partial charge is 0.271 e. The third-order valence-corrected chi connectivity index (χ3v) is 2.74. The molecule has 0 aliphatic carbocycles. The number of carbonyl (C=O) groups is 1. The van der Waals surface area contributed by atoms with Crippen LogP contribution in [0.1, 0.15) is 35.6 Å². The molecule has 0 aliphatic rings. The van der Waals surface area contributed by atoms with E-state index in [-0.39, 0.29) is 12.5 Å². The van der Waals surface area contributed by atoms with Crippen LogP contribution in [0.15, 0.2) is 6.07 Å². The second kappa shape index (κ2) is 4.72. The van der Waals surface area contributed by atoms with Gasteiger partial charge in [0.1, 0.15) is 5.69 Å². The zero-order chi connectivity index (χ0) is 11.5. The van der Waals surface area contributed by atoms with Crippen LogP contribution in [-0.2, 0) is 0 Å². The molecule has 84 valence electrons. The second-order valence-corrected chi connectivity index (χ2v) is 5.14. The number of aliphatic hydroxyl groups is 1. The van der Waals surface area contributed by atoms with E-state index in [4.69, 9.17) is 5.11 Å². The molecular weight excluding hydrogens is 212 g/mol. The van der Waals surface area contributed by atoms with Gasteiger partial charge in [0.05, 0.1) is 0 Å². The standard InChI is InChI=1S/C10H16N2O2S/c1-7-6-8(12-15-7)9(14)11-10(2,3)4-5-13/h6,13H,4-5H2,1-3H3,(H,11,14). The Morgan fingerprint density at radius 1 is 1.67 bits per heavy atom. The highest BCUT2D eigenvalue weighted by Gasteiger charge is 2.21. The molecule has 1 amide bonds. The van der Waals surface area contributed by atoms with Crippen molar-refractivity contribution in [2.24, 2.45) is 0 Å². The van der Waals surface area contributed by atoms with Crippen molar-refractivity contribution in [1.82, 2.24) is 9.69 Å². The molecule has 1 rings (SSSR count). The van der Waals surface area contributed by atoms with Crippen LogP contribution in [0, 0.1) is 6.92 Å². The van der Waals surface area contributed by atoms with E-state index < -0.39 is 5.54 Å². The molecule has 15 heavy (non-hydrogen) atoms. The highest BCUT2D eigenvalue weighted by atomic mass is 32.1. The van der Waals surface area contributed by atoms with Crippen LogP contribution in [-0.4, -0.2) is 27.5 Å². The number of aliphatic hydroxyl groups excluding tert-OH is 1. The molecule has 1 heterocycles. The minimum absolute atomic E-state index is 0.0589. The van der Waals surface area contributed by atoms with Crippen molar-refractivity contribution in [2.45, 2.75) is 32.7 Å². The summed E-state index contributed by atoms with van der Waals surface area (Å²) >= 11 is 1.31. The Balaban J connectivity index is 2.63. The lowest BCUT2D eigenvalue weighted by atomic mass is 10.0. The van der Waals surface area contributed by atoms with E-state index in [1.54, 1.807) is 6.07 Å². The minimum atomic E-state index is -0.399. The van der Waals surface area contributed by atoms with Crippen LogP contribution in [0.3, 0.4) is 0 Å². The first-order valence-electron chi connectivity index (χ1n) is 4.81. The van der Waals surface area contributed by atoms with Gasteiger partial charge in [-0.05, 0) is 44.8 Å². The van der Waals surface area contributed by atoms with Crippen LogP contribution in [0.5, 0.6) is 0 Å². The summed E-state index contributed by atoms with van der Waals surface area (Å²) in [5.74, 6) is -0.183. The predicted molar refractivity (Wildman–Crippen MR) is 60.1 cm³/mol. The van der Waals surface area contributed by atoms with Gasteiger partial charge in [-0.25, -0.2) is 0 Å². The number of aryl methyl sites for hydroxylation is 1. The first-order chi connectivity index (χ1) is 6.94. The summed E-state index contributed by atoms with van der Waals surface area (Å²) in [4.78, 5) is 12.7.